The third kappa shape index (κ3) is 4.33. The number of esters is 1. The number of carbonyl (C=O) groups excluding carboxylic acids is 1. The molecule has 2 heterocycles. The molecule has 0 bridgehead atoms. The van der Waals surface area contributed by atoms with E-state index in [0.29, 0.717) is 18.0 Å². The minimum Gasteiger partial charge on any atom is -0.493 e. The molecule has 3 rings (SSSR count). The Balaban J connectivity index is 1.78. The van der Waals surface area contributed by atoms with Crippen molar-refractivity contribution in [2.24, 2.45) is 0 Å². The van der Waals surface area contributed by atoms with Crippen LogP contribution in [0, 0.1) is 11.8 Å². The molecule has 0 fully saturated rings. The lowest BCUT2D eigenvalue weighted by molar-refractivity contribution is -0.142. The van der Waals surface area contributed by atoms with Crippen LogP contribution in [0.25, 0.3) is 0 Å². The largest absolute Gasteiger partial charge is 0.493 e. The molecule has 0 spiro atoms. The van der Waals surface area contributed by atoms with Gasteiger partial charge in [-0.25, -0.2) is 9.97 Å². The summed E-state index contributed by atoms with van der Waals surface area (Å²) in [5.74, 6) is 7.39. The molecule has 5 heteroatoms. The van der Waals surface area contributed by atoms with Crippen molar-refractivity contribution in [2.75, 3.05) is 13.2 Å². The Morgan fingerprint density at radius 2 is 1.86 bits per heavy atom. The molecule has 2 aromatic rings. The Bertz CT molecular complexity index is 890. The van der Waals surface area contributed by atoms with Gasteiger partial charge in [-0.1, -0.05) is 25.7 Å². The Morgan fingerprint density at radius 1 is 1.14 bits per heavy atom. The fourth-order valence-corrected chi connectivity index (χ4v) is 3.62. The molecule has 0 atom stereocenters. The molecule has 1 aromatic carbocycles. The number of benzene rings is 1. The van der Waals surface area contributed by atoms with Crippen molar-refractivity contribution in [1.29, 1.82) is 0 Å². The summed E-state index contributed by atoms with van der Waals surface area (Å²) in [6, 6.07) is 6.17. The first kappa shape index (κ1) is 19.9. The van der Waals surface area contributed by atoms with Crippen LogP contribution in [0.5, 0.6) is 5.75 Å². The van der Waals surface area contributed by atoms with Gasteiger partial charge in [0.05, 0.1) is 18.8 Å². The second-order valence-electron chi connectivity index (χ2n) is 6.92. The molecule has 5 nitrogen and oxygen atoms in total. The Morgan fingerprint density at radius 3 is 2.54 bits per heavy atom. The summed E-state index contributed by atoms with van der Waals surface area (Å²) >= 11 is 0. The lowest BCUT2D eigenvalue weighted by Crippen LogP contribution is -2.31. The van der Waals surface area contributed by atoms with Crippen LogP contribution < -0.4 is 4.74 Å². The number of hydrogen-bond donors (Lipinski definition) is 0. The zero-order valence-electron chi connectivity index (χ0n) is 16.7. The van der Waals surface area contributed by atoms with Crippen LogP contribution in [0.3, 0.4) is 0 Å². The monoisotopic (exact) mass is 378 g/mol. The molecule has 0 saturated carbocycles. The maximum absolute atomic E-state index is 11.5. The average molecular weight is 378 g/mol. The number of ether oxygens (including phenoxy) is 2. The van der Waals surface area contributed by atoms with Gasteiger partial charge in [0.2, 0.25) is 0 Å². The zero-order chi connectivity index (χ0) is 20.0. The summed E-state index contributed by atoms with van der Waals surface area (Å²) < 4.78 is 10.8. The van der Waals surface area contributed by atoms with Crippen molar-refractivity contribution in [3.8, 4) is 17.6 Å². The molecular weight excluding hydrogens is 352 g/mol. The topological polar surface area (TPSA) is 61.3 Å². The number of nitrogens with zero attached hydrogens (tertiary/aromatic N) is 2. The SMILES string of the molecule is CCOC(=O)Cc1ncc(C#Cc2ccc3c(c2)C(CC)(CC)CCO3)cn1. The summed E-state index contributed by atoms with van der Waals surface area (Å²) in [5, 5.41) is 0. The molecule has 1 aromatic heterocycles. The lowest BCUT2D eigenvalue weighted by Gasteiger charge is -2.37. The molecule has 0 saturated heterocycles. The number of aromatic nitrogens is 2. The second-order valence-corrected chi connectivity index (χ2v) is 6.92. The third-order valence-electron chi connectivity index (χ3n) is 5.41. The quantitative estimate of drug-likeness (QED) is 0.585. The fourth-order valence-electron chi connectivity index (χ4n) is 3.62. The van der Waals surface area contributed by atoms with E-state index in [1.807, 2.05) is 12.1 Å². The molecular formula is C23H26N2O3. The van der Waals surface area contributed by atoms with E-state index >= 15 is 0 Å². The maximum Gasteiger partial charge on any atom is 0.313 e. The average Bonchev–Trinajstić information content (AvgIpc) is 2.73. The number of carbonyl (C=O) groups is 1. The van der Waals surface area contributed by atoms with E-state index in [0.717, 1.165) is 37.2 Å². The van der Waals surface area contributed by atoms with Crippen LogP contribution >= 0.6 is 0 Å². The highest BCUT2D eigenvalue weighted by atomic mass is 16.5. The van der Waals surface area contributed by atoms with Crippen molar-refractivity contribution in [3.63, 3.8) is 0 Å². The Kier molecular flexibility index (Phi) is 6.30. The van der Waals surface area contributed by atoms with Crippen LogP contribution in [0.4, 0.5) is 0 Å². The van der Waals surface area contributed by atoms with Gasteiger partial charge in [-0.3, -0.25) is 4.79 Å². The highest BCUT2D eigenvalue weighted by molar-refractivity contribution is 5.71. The zero-order valence-corrected chi connectivity index (χ0v) is 16.7. The van der Waals surface area contributed by atoms with E-state index in [1.165, 1.54) is 5.56 Å². The van der Waals surface area contributed by atoms with Crippen LogP contribution in [0.2, 0.25) is 0 Å². The normalized spacial score (nSPS) is 14.2. The highest BCUT2D eigenvalue weighted by Gasteiger charge is 2.34. The van der Waals surface area contributed by atoms with Gasteiger partial charge >= 0.3 is 5.97 Å². The predicted molar refractivity (Wildman–Crippen MR) is 107 cm³/mol. The first-order chi connectivity index (χ1) is 13.6. The molecule has 0 amide bonds. The maximum atomic E-state index is 11.5. The lowest BCUT2D eigenvalue weighted by atomic mass is 9.71. The second kappa shape index (κ2) is 8.88. The molecule has 0 N–H and O–H groups in total. The first-order valence-corrected chi connectivity index (χ1v) is 9.86. The summed E-state index contributed by atoms with van der Waals surface area (Å²) in [4.78, 5) is 19.9. The van der Waals surface area contributed by atoms with Gasteiger partial charge in [0.1, 0.15) is 18.0 Å². The molecule has 146 valence electrons. The van der Waals surface area contributed by atoms with Crippen molar-refractivity contribution < 1.29 is 14.3 Å². The summed E-state index contributed by atoms with van der Waals surface area (Å²) in [6.07, 6.45) is 6.57. The Hall–Kier alpha value is -2.87. The van der Waals surface area contributed by atoms with Gasteiger partial charge in [0, 0.05) is 28.9 Å². The van der Waals surface area contributed by atoms with E-state index in [1.54, 1.807) is 19.3 Å². The Labute approximate surface area is 166 Å². The molecule has 28 heavy (non-hydrogen) atoms. The van der Waals surface area contributed by atoms with Gasteiger partial charge in [0.25, 0.3) is 0 Å². The van der Waals surface area contributed by atoms with Crippen molar-refractivity contribution >= 4 is 5.97 Å². The van der Waals surface area contributed by atoms with Crippen LogP contribution in [0.1, 0.15) is 62.5 Å². The van der Waals surface area contributed by atoms with Crippen LogP contribution in [0.15, 0.2) is 30.6 Å². The first-order valence-electron chi connectivity index (χ1n) is 9.86. The van der Waals surface area contributed by atoms with Gasteiger partial charge in [-0.2, -0.15) is 0 Å². The molecule has 1 aliphatic heterocycles. The van der Waals surface area contributed by atoms with E-state index in [-0.39, 0.29) is 17.8 Å². The van der Waals surface area contributed by atoms with Gasteiger partial charge in [-0.15, -0.1) is 0 Å². The fraction of sp³-hybridized carbons (Fsp3) is 0.435. The number of fused-ring (bicyclic) bond motifs is 1. The summed E-state index contributed by atoms with van der Waals surface area (Å²) in [5.41, 5.74) is 3.09. The molecule has 1 aliphatic rings. The highest BCUT2D eigenvalue weighted by Crippen LogP contribution is 2.43. The minimum atomic E-state index is -0.326. The summed E-state index contributed by atoms with van der Waals surface area (Å²) in [6.45, 7) is 7.38. The number of rotatable bonds is 5. The molecule has 0 unspecified atom stereocenters. The van der Waals surface area contributed by atoms with E-state index in [2.05, 4.69) is 41.7 Å². The summed E-state index contributed by atoms with van der Waals surface area (Å²) in [7, 11) is 0. The van der Waals surface area contributed by atoms with Gasteiger partial charge in [0.15, 0.2) is 0 Å². The minimum absolute atomic E-state index is 0.0719. The third-order valence-corrected chi connectivity index (χ3v) is 5.41. The van der Waals surface area contributed by atoms with Crippen LogP contribution in [-0.2, 0) is 21.4 Å². The smallest absolute Gasteiger partial charge is 0.313 e. The molecule has 0 aliphatic carbocycles. The van der Waals surface area contributed by atoms with Crippen molar-refractivity contribution in [3.05, 3.63) is 53.1 Å². The van der Waals surface area contributed by atoms with Gasteiger partial charge in [-0.05, 0) is 44.4 Å². The predicted octanol–water partition coefficient (Wildman–Crippen LogP) is 3.82. The molecule has 0 radical (unpaired) electrons. The van der Waals surface area contributed by atoms with E-state index in [4.69, 9.17) is 9.47 Å². The van der Waals surface area contributed by atoms with Gasteiger partial charge < -0.3 is 9.47 Å². The van der Waals surface area contributed by atoms with Crippen LogP contribution in [-0.4, -0.2) is 29.2 Å². The van der Waals surface area contributed by atoms with Crippen molar-refractivity contribution in [2.45, 2.75) is 51.9 Å². The van der Waals surface area contributed by atoms with E-state index in [9.17, 15) is 4.79 Å². The van der Waals surface area contributed by atoms with E-state index < -0.39 is 0 Å². The van der Waals surface area contributed by atoms with Crippen molar-refractivity contribution in [1.82, 2.24) is 9.97 Å². The number of hydrogen-bond acceptors (Lipinski definition) is 5. The standard InChI is InChI=1S/C23H26N2O3/c1-4-23(5-2)11-12-28-20-10-9-17(13-19(20)23)7-8-18-15-24-21(25-16-18)14-22(26)27-6-3/h9-10,13,15-16H,4-6,11-12,14H2,1-3H3.